The van der Waals surface area contributed by atoms with Gasteiger partial charge in [-0.25, -0.2) is 14.8 Å². The fourth-order valence-electron chi connectivity index (χ4n) is 9.93. The van der Waals surface area contributed by atoms with Gasteiger partial charge in [0.15, 0.2) is 5.82 Å². The van der Waals surface area contributed by atoms with E-state index < -0.39 is 0 Å². The number of aromatic nitrogens is 3. The molecule has 290 valence electrons. The molecule has 0 amide bonds. The van der Waals surface area contributed by atoms with Gasteiger partial charge in [0.1, 0.15) is 0 Å². The van der Waals surface area contributed by atoms with Crippen molar-refractivity contribution in [3.63, 3.8) is 0 Å². The molecule has 2 heterocycles. The first kappa shape index (κ1) is 35.1. The number of benzene rings is 11. The van der Waals surface area contributed by atoms with Crippen molar-refractivity contribution in [3.05, 3.63) is 218 Å². The van der Waals surface area contributed by atoms with E-state index in [-0.39, 0.29) is 0 Å². The van der Waals surface area contributed by atoms with E-state index in [2.05, 4.69) is 216 Å². The lowest BCUT2D eigenvalue weighted by Gasteiger charge is -2.17. The van der Waals surface area contributed by atoms with E-state index in [9.17, 15) is 0 Å². The van der Waals surface area contributed by atoms with Crippen molar-refractivity contribution in [2.24, 2.45) is 0 Å². The molecular weight excluding hydrogens is 765 g/mol. The average Bonchev–Trinajstić information content (AvgIpc) is 3.67. The average molecular weight is 799 g/mol. The Kier molecular flexibility index (Phi) is 7.63. The minimum absolute atomic E-state index is 0.497. The van der Waals surface area contributed by atoms with Gasteiger partial charge in [0.2, 0.25) is 5.69 Å². The summed E-state index contributed by atoms with van der Waals surface area (Å²) in [6.07, 6.45) is 0. The molecule has 0 saturated heterocycles. The monoisotopic (exact) mass is 798 g/mol. The quantitative estimate of drug-likeness (QED) is 0.166. The Labute approximate surface area is 362 Å². The first-order valence-corrected chi connectivity index (χ1v) is 21.3. The molecule has 0 atom stereocenters. The molecule has 11 aromatic carbocycles. The molecular formula is C59H34N4. The van der Waals surface area contributed by atoms with Gasteiger partial charge in [0.05, 0.1) is 28.8 Å². The summed E-state index contributed by atoms with van der Waals surface area (Å²) in [6, 6.07) is 73.3. The normalized spacial score (nSPS) is 11.8. The largest absolute Gasteiger partial charge is 0.310 e. The second-order valence-corrected chi connectivity index (χ2v) is 16.4. The number of rotatable bonds is 4. The molecule has 0 spiro atoms. The zero-order chi connectivity index (χ0) is 41.6. The van der Waals surface area contributed by atoms with Crippen molar-refractivity contribution >= 4 is 92.3 Å². The maximum Gasteiger partial charge on any atom is 0.200 e. The Morgan fingerprint density at radius 2 is 0.937 bits per heavy atom. The van der Waals surface area contributed by atoms with Crippen LogP contribution in [-0.4, -0.2) is 14.5 Å². The third-order valence-corrected chi connectivity index (χ3v) is 12.9. The van der Waals surface area contributed by atoms with Crippen LogP contribution in [0.4, 0.5) is 5.69 Å². The molecule has 0 N–H and O–H groups in total. The lowest BCUT2D eigenvalue weighted by molar-refractivity contribution is 1.20. The van der Waals surface area contributed by atoms with Crippen LogP contribution in [0.1, 0.15) is 0 Å². The summed E-state index contributed by atoms with van der Waals surface area (Å²) in [5, 5.41) is 14.7. The Morgan fingerprint density at radius 1 is 0.381 bits per heavy atom. The lowest BCUT2D eigenvalue weighted by atomic mass is 9.96. The Hall–Kier alpha value is -8.65. The van der Waals surface area contributed by atoms with Gasteiger partial charge in [-0.1, -0.05) is 158 Å². The zero-order valence-corrected chi connectivity index (χ0v) is 33.9. The molecule has 4 nitrogen and oxygen atoms in total. The van der Waals surface area contributed by atoms with Gasteiger partial charge in [0, 0.05) is 38.4 Å². The van der Waals surface area contributed by atoms with Crippen LogP contribution in [0.2, 0.25) is 0 Å². The van der Waals surface area contributed by atoms with Crippen LogP contribution >= 0.6 is 0 Å². The summed E-state index contributed by atoms with van der Waals surface area (Å²) >= 11 is 0. The zero-order valence-electron chi connectivity index (χ0n) is 33.9. The third-order valence-electron chi connectivity index (χ3n) is 12.9. The molecule has 0 radical (unpaired) electrons. The highest BCUT2D eigenvalue weighted by molar-refractivity contribution is 6.24. The van der Waals surface area contributed by atoms with Crippen LogP contribution in [0, 0.1) is 6.57 Å². The number of hydrogen-bond acceptors (Lipinski definition) is 2. The van der Waals surface area contributed by atoms with Crippen LogP contribution in [0.5, 0.6) is 0 Å². The topological polar surface area (TPSA) is 35.1 Å². The van der Waals surface area contributed by atoms with Gasteiger partial charge in [0.25, 0.3) is 0 Å². The van der Waals surface area contributed by atoms with Crippen molar-refractivity contribution in [1.29, 1.82) is 0 Å². The van der Waals surface area contributed by atoms with Crippen molar-refractivity contribution in [3.8, 4) is 39.5 Å². The van der Waals surface area contributed by atoms with Crippen molar-refractivity contribution in [1.82, 2.24) is 14.5 Å². The number of hydrogen-bond donors (Lipinski definition) is 0. The standard InChI is InChI=1S/C59H34N4/c1-60-52-35-55(63-53-29-27-38-14-8-9-19-46(38)56(53)50-33-41-17-6-7-18-42(41)34-54(50)63)47-20-10-11-21-48(47)57(52)59-61-51-28-26-44(43-24-22-36-12-2-4-15-39(36)30-43)32-49(51)58(62-59)45-25-23-37-13-3-5-16-40(37)31-45/h2-35H. The summed E-state index contributed by atoms with van der Waals surface area (Å²) in [6.45, 7) is 8.78. The smallest absolute Gasteiger partial charge is 0.200 e. The molecule has 0 aliphatic rings. The fourth-order valence-corrected chi connectivity index (χ4v) is 9.93. The second-order valence-electron chi connectivity index (χ2n) is 16.4. The van der Waals surface area contributed by atoms with E-state index in [1.165, 1.54) is 48.5 Å². The molecule has 4 heteroatoms. The minimum atomic E-state index is 0.497. The molecule has 0 aliphatic carbocycles. The van der Waals surface area contributed by atoms with Crippen molar-refractivity contribution < 1.29 is 0 Å². The maximum atomic E-state index is 8.78. The van der Waals surface area contributed by atoms with E-state index in [4.69, 9.17) is 16.5 Å². The number of nitrogens with zero attached hydrogens (tertiary/aromatic N) is 4. The Morgan fingerprint density at radius 3 is 1.67 bits per heavy atom. The molecule has 13 aromatic rings. The predicted octanol–water partition coefficient (Wildman–Crippen LogP) is 16.0. The van der Waals surface area contributed by atoms with Gasteiger partial charge < -0.3 is 4.57 Å². The maximum absolute atomic E-state index is 8.78. The van der Waals surface area contributed by atoms with Crippen LogP contribution < -0.4 is 0 Å². The van der Waals surface area contributed by atoms with Gasteiger partial charge in [-0.2, -0.15) is 0 Å². The first-order chi connectivity index (χ1) is 31.2. The van der Waals surface area contributed by atoms with E-state index in [0.29, 0.717) is 11.5 Å². The summed E-state index contributed by atoms with van der Waals surface area (Å²) in [7, 11) is 0. The Balaban J connectivity index is 1.08. The second kappa shape index (κ2) is 13.7. The van der Waals surface area contributed by atoms with E-state index in [1.807, 2.05) is 0 Å². The molecule has 13 rings (SSSR count). The van der Waals surface area contributed by atoms with E-state index in [0.717, 1.165) is 71.7 Å². The summed E-state index contributed by atoms with van der Waals surface area (Å²) in [5.41, 5.74) is 9.22. The highest BCUT2D eigenvalue weighted by atomic mass is 15.0. The summed E-state index contributed by atoms with van der Waals surface area (Å²) in [5.74, 6) is 0.525. The highest BCUT2D eigenvalue weighted by Crippen LogP contribution is 2.45. The van der Waals surface area contributed by atoms with Crippen molar-refractivity contribution in [2.45, 2.75) is 0 Å². The summed E-state index contributed by atoms with van der Waals surface area (Å²) < 4.78 is 2.36. The van der Waals surface area contributed by atoms with Crippen LogP contribution in [0.25, 0.3) is 131 Å². The molecule has 0 unspecified atom stereocenters. The van der Waals surface area contributed by atoms with Crippen LogP contribution in [0.3, 0.4) is 0 Å². The molecule has 0 aliphatic heterocycles. The van der Waals surface area contributed by atoms with Crippen molar-refractivity contribution in [2.75, 3.05) is 0 Å². The van der Waals surface area contributed by atoms with Gasteiger partial charge in [-0.15, -0.1) is 0 Å². The van der Waals surface area contributed by atoms with E-state index >= 15 is 0 Å². The third kappa shape index (κ3) is 5.47. The van der Waals surface area contributed by atoms with Crippen LogP contribution in [-0.2, 0) is 0 Å². The lowest BCUT2D eigenvalue weighted by Crippen LogP contribution is -2.00. The fraction of sp³-hybridized carbons (Fsp3) is 0. The minimum Gasteiger partial charge on any atom is -0.310 e. The number of fused-ring (bicyclic) bond motifs is 10. The first-order valence-electron chi connectivity index (χ1n) is 21.3. The molecule has 2 aromatic heterocycles. The van der Waals surface area contributed by atoms with E-state index in [1.54, 1.807) is 0 Å². The van der Waals surface area contributed by atoms with Gasteiger partial charge in [-0.3, -0.25) is 0 Å². The molecule has 0 saturated carbocycles. The molecule has 0 fully saturated rings. The predicted molar refractivity (Wildman–Crippen MR) is 264 cm³/mol. The Bertz CT molecular complexity index is 4110. The molecule has 63 heavy (non-hydrogen) atoms. The van der Waals surface area contributed by atoms with Gasteiger partial charge >= 0.3 is 0 Å². The summed E-state index contributed by atoms with van der Waals surface area (Å²) in [4.78, 5) is 15.1. The van der Waals surface area contributed by atoms with Crippen LogP contribution in [0.15, 0.2) is 206 Å². The van der Waals surface area contributed by atoms with Gasteiger partial charge in [-0.05, 0) is 108 Å². The highest BCUT2D eigenvalue weighted by Gasteiger charge is 2.23. The SMILES string of the molecule is [C-]#[N+]c1cc(-n2c3cc4ccccc4cc3c3c4ccccc4ccc32)c2ccccc2c1-c1nc(-c2ccc3ccccc3c2)c2cc(-c3ccc4ccccc4c3)ccc2n1. The molecule has 0 bridgehead atoms.